The van der Waals surface area contributed by atoms with Gasteiger partial charge in [-0.25, -0.2) is 9.36 Å². The molecule has 0 aliphatic heterocycles. The van der Waals surface area contributed by atoms with Crippen LogP contribution in [0.3, 0.4) is 0 Å². The van der Waals surface area contributed by atoms with E-state index in [1.807, 2.05) is 83.1 Å². The fourth-order valence-corrected chi connectivity index (χ4v) is 3.62. The summed E-state index contributed by atoms with van der Waals surface area (Å²) in [6.45, 7) is 2.83. The van der Waals surface area contributed by atoms with E-state index in [0.29, 0.717) is 11.5 Å². The first-order valence-electron chi connectivity index (χ1n) is 10.2. The highest BCUT2D eigenvalue weighted by molar-refractivity contribution is 6.04. The SMILES string of the molecule is Cc1cnn(CC2CC2)c1NC(=O)c1cccc(-n2nccc2-c2ccccc2)c1. The Morgan fingerprint density at radius 1 is 1.07 bits per heavy atom. The quantitative estimate of drug-likeness (QED) is 0.513. The van der Waals surface area contributed by atoms with Gasteiger partial charge in [-0.2, -0.15) is 10.2 Å². The molecule has 1 aliphatic carbocycles. The van der Waals surface area contributed by atoms with Crippen molar-refractivity contribution >= 4 is 11.7 Å². The normalized spacial score (nSPS) is 13.4. The Bertz CT molecular complexity index is 1190. The van der Waals surface area contributed by atoms with Crippen molar-refractivity contribution < 1.29 is 4.79 Å². The molecule has 0 atom stereocenters. The van der Waals surface area contributed by atoms with Gasteiger partial charge in [0, 0.05) is 23.2 Å². The van der Waals surface area contributed by atoms with Gasteiger partial charge >= 0.3 is 0 Å². The molecule has 30 heavy (non-hydrogen) atoms. The molecule has 150 valence electrons. The van der Waals surface area contributed by atoms with E-state index in [1.165, 1.54) is 12.8 Å². The molecule has 1 aliphatic rings. The van der Waals surface area contributed by atoms with Crippen LogP contribution in [-0.4, -0.2) is 25.5 Å². The van der Waals surface area contributed by atoms with Gasteiger partial charge in [-0.05, 0) is 49.9 Å². The molecular weight excluding hydrogens is 374 g/mol. The van der Waals surface area contributed by atoms with E-state index in [4.69, 9.17) is 0 Å². The zero-order valence-corrected chi connectivity index (χ0v) is 16.8. The molecule has 0 spiro atoms. The topological polar surface area (TPSA) is 64.7 Å². The molecule has 1 saturated carbocycles. The van der Waals surface area contributed by atoms with Gasteiger partial charge in [0.25, 0.3) is 5.91 Å². The summed E-state index contributed by atoms with van der Waals surface area (Å²) in [5.41, 5.74) is 4.45. The lowest BCUT2D eigenvalue weighted by Gasteiger charge is -2.12. The number of anilines is 1. The number of rotatable bonds is 6. The second kappa shape index (κ2) is 7.63. The minimum absolute atomic E-state index is 0.147. The fraction of sp³-hybridized carbons (Fsp3) is 0.208. The maximum absolute atomic E-state index is 13.0. The lowest BCUT2D eigenvalue weighted by molar-refractivity contribution is 0.102. The zero-order valence-electron chi connectivity index (χ0n) is 16.8. The van der Waals surface area contributed by atoms with Crippen molar-refractivity contribution in [2.45, 2.75) is 26.3 Å². The molecule has 2 heterocycles. The van der Waals surface area contributed by atoms with E-state index in [9.17, 15) is 4.79 Å². The van der Waals surface area contributed by atoms with Crippen molar-refractivity contribution in [1.29, 1.82) is 0 Å². The smallest absolute Gasteiger partial charge is 0.256 e. The molecule has 6 heteroatoms. The first-order chi connectivity index (χ1) is 14.7. The molecule has 6 nitrogen and oxygen atoms in total. The number of aryl methyl sites for hydroxylation is 1. The van der Waals surface area contributed by atoms with Gasteiger partial charge in [0.1, 0.15) is 5.82 Å². The molecule has 0 unspecified atom stereocenters. The van der Waals surface area contributed by atoms with Gasteiger partial charge in [0.15, 0.2) is 0 Å². The van der Waals surface area contributed by atoms with Gasteiger partial charge in [0.05, 0.1) is 23.8 Å². The molecule has 5 rings (SSSR count). The van der Waals surface area contributed by atoms with Crippen LogP contribution in [0.1, 0.15) is 28.8 Å². The largest absolute Gasteiger partial charge is 0.307 e. The Balaban J connectivity index is 1.42. The van der Waals surface area contributed by atoms with Gasteiger partial charge in [0.2, 0.25) is 0 Å². The monoisotopic (exact) mass is 397 g/mol. The average molecular weight is 397 g/mol. The molecule has 1 amide bonds. The average Bonchev–Trinajstić information content (AvgIpc) is 3.35. The van der Waals surface area contributed by atoms with Crippen molar-refractivity contribution in [2.24, 2.45) is 5.92 Å². The number of carbonyl (C=O) groups is 1. The summed E-state index contributed by atoms with van der Waals surface area (Å²) < 4.78 is 3.77. The van der Waals surface area contributed by atoms with Crippen LogP contribution >= 0.6 is 0 Å². The van der Waals surface area contributed by atoms with Crippen molar-refractivity contribution in [2.75, 3.05) is 5.32 Å². The second-order valence-electron chi connectivity index (χ2n) is 7.80. The predicted octanol–water partition coefficient (Wildman–Crippen LogP) is 4.71. The number of hydrogen-bond acceptors (Lipinski definition) is 3. The summed E-state index contributed by atoms with van der Waals surface area (Å²) in [5, 5.41) is 12.0. The first kappa shape index (κ1) is 18.4. The Morgan fingerprint density at radius 2 is 1.90 bits per heavy atom. The molecule has 1 N–H and O–H groups in total. The fourth-order valence-electron chi connectivity index (χ4n) is 3.62. The highest BCUT2D eigenvalue weighted by Crippen LogP contribution is 2.32. The highest BCUT2D eigenvalue weighted by atomic mass is 16.1. The third-order valence-electron chi connectivity index (χ3n) is 5.45. The van der Waals surface area contributed by atoms with Crippen LogP contribution in [0.4, 0.5) is 5.82 Å². The van der Waals surface area contributed by atoms with Crippen LogP contribution in [0.2, 0.25) is 0 Å². The standard InChI is InChI=1S/C24H23N5O/c1-17-15-26-28(16-18-10-11-18)23(17)27-24(30)20-8-5-9-21(14-20)29-22(12-13-25-29)19-6-3-2-4-7-19/h2-9,12-15,18H,10-11,16H2,1H3,(H,27,30). The number of aromatic nitrogens is 4. The summed E-state index contributed by atoms with van der Waals surface area (Å²) in [4.78, 5) is 13.0. The minimum atomic E-state index is -0.147. The number of amides is 1. The Morgan fingerprint density at radius 3 is 2.70 bits per heavy atom. The van der Waals surface area contributed by atoms with Crippen LogP contribution in [0, 0.1) is 12.8 Å². The predicted molar refractivity (Wildman–Crippen MR) is 117 cm³/mol. The van der Waals surface area contributed by atoms with Crippen LogP contribution in [0.5, 0.6) is 0 Å². The van der Waals surface area contributed by atoms with Gasteiger partial charge in [-0.3, -0.25) is 4.79 Å². The van der Waals surface area contributed by atoms with Crippen LogP contribution in [0.15, 0.2) is 73.1 Å². The third kappa shape index (κ3) is 3.64. The van der Waals surface area contributed by atoms with E-state index >= 15 is 0 Å². The molecule has 1 fully saturated rings. The van der Waals surface area contributed by atoms with Crippen molar-refractivity contribution in [3.8, 4) is 16.9 Å². The lowest BCUT2D eigenvalue weighted by atomic mass is 10.1. The summed E-state index contributed by atoms with van der Waals surface area (Å²) >= 11 is 0. The van der Waals surface area contributed by atoms with Crippen molar-refractivity contribution in [3.63, 3.8) is 0 Å². The number of carbonyl (C=O) groups excluding carboxylic acids is 1. The van der Waals surface area contributed by atoms with E-state index in [2.05, 4.69) is 15.5 Å². The van der Waals surface area contributed by atoms with Gasteiger partial charge < -0.3 is 5.32 Å². The highest BCUT2D eigenvalue weighted by Gasteiger charge is 2.24. The maximum atomic E-state index is 13.0. The van der Waals surface area contributed by atoms with Crippen molar-refractivity contribution in [3.05, 3.63) is 84.2 Å². The first-order valence-corrected chi connectivity index (χ1v) is 10.2. The molecule has 4 aromatic rings. The number of nitrogens with zero attached hydrogens (tertiary/aromatic N) is 4. The van der Waals surface area contributed by atoms with Gasteiger partial charge in [-0.15, -0.1) is 0 Å². The summed E-state index contributed by atoms with van der Waals surface area (Å²) in [5.74, 6) is 1.31. The molecule has 0 saturated heterocycles. The lowest BCUT2D eigenvalue weighted by Crippen LogP contribution is -2.17. The maximum Gasteiger partial charge on any atom is 0.256 e. The molecular formula is C24H23N5O. The summed E-state index contributed by atoms with van der Waals surface area (Å²) in [7, 11) is 0. The Kier molecular flexibility index (Phi) is 4.67. The Labute approximate surface area is 175 Å². The van der Waals surface area contributed by atoms with Gasteiger partial charge in [-0.1, -0.05) is 36.4 Å². The number of benzene rings is 2. The number of hydrogen-bond donors (Lipinski definition) is 1. The number of nitrogens with one attached hydrogen (secondary N) is 1. The van der Waals surface area contributed by atoms with Crippen molar-refractivity contribution in [1.82, 2.24) is 19.6 Å². The summed E-state index contributed by atoms with van der Waals surface area (Å²) in [6, 6.07) is 19.6. The van der Waals surface area contributed by atoms with Crippen LogP contribution in [0.25, 0.3) is 16.9 Å². The molecule has 0 bridgehead atoms. The third-order valence-corrected chi connectivity index (χ3v) is 5.45. The second-order valence-corrected chi connectivity index (χ2v) is 7.80. The van der Waals surface area contributed by atoms with E-state index < -0.39 is 0 Å². The minimum Gasteiger partial charge on any atom is -0.307 e. The molecule has 0 radical (unpaired) electrons. The van der Waals surface area contributed by atoms with Crippen LogP contribution in [-0.2, 0) is 6.54 Å². The molecule has 2 aromatic carbocycles. The Hall–Kier alpha value is -3.67. The van der Waals surface area contributed by atoms with E-state index in [0.717, 1.165) is 34.9 Å². The molecule has 2 aromatic heterocycles. The van der Waals surface area contributed by atoms with E-state index in [-0.39, 0.29) is 5.91 Å². The van der Waals surface area contributed by atoms with Crippen LogP contribution < -0.4 is 5.32 Å². The van der Waals surface area contributed by atoms with E-state index in [1.54, 1.807) is 6.20 Å². The summed E-state index contributed by atoms with van der Waals surface area (Å²) in [6.07, 6.45) is 6.06. The zero-order chi connectivity index (χ0) is 20.5.